The third-order valence-electron chi connectivity index (χ3n) is 3.11. The molecule has 2 aromatic carbocycles. The number of nitrogens with one attached hydrogen (secondary N) is 2. The van der Waals surface area contributed by atoms with Crippen molar-refractivity contribution in [1.29, 1.82) is 0 Å². The normalized spacial score (nSPS) is 11.0. The number of benzene rings is 2. The second kappa shape index (κ2) is 7.02. The van der Waals surface area contributed by atoms with Crippen molar-refractivity contribution in [2.24, 2.45) is 0 Å². The van der Waals surface area contributed by atoms with Crippen molar-refractivity contribution in [3.8, 4) is 0 Å². The van der Waals surface area contributed by atoms with Gasteiger partial charge in [-0.1, -0.05) is 17.7 Å². The summed E-state index contributed by atoms with van der Waals surface area (Å²) in [6.45, 7) is 2.70. The minimum atomic E-state index is -3.88. The standard InChI is InChI=1S/C16H15ClN2O4S/c1-10(20)14-4-3-5-15(16(14)17)19-24(22,23)13-8-6-12(7-9-13)18-11(2)21/h3-9,19H,1-2H3,(H,18,21). The van der Waals surface area contributed by atoms with Crippen LogP contribution < -0.4 is 10.0 Å². The zero-order valence-electron chi connectivity index (χ0n) is 13.0. The maximum Gasteiger partial charge on any atom is 0.261 e. The molecule has 0 aliphatic heterocycles. The van der Waals surface area contributed by atoms with Crippen molar-refractivity contribution in [1.82, 2.24) is 0 Å². The molecule has 6 nitrogen and oxygen atoms in total. The molecule has 8 heteroatoms. The van der Waals surface area contributed by atoms with Crippen molar-refractivity contribution in [3.05, 3.63) is 53.1 Å². The molecule has 0 aliphatic rings. The Morgan fingerprint density at radius 1 is 1.00 bits per heavy atom. The summed E-state index contributed by atoms with van der Waals surface area (Å²) in [6, 6.07) is 10.2. The molecule has 0 saturated carbocycles. The Morgan fingerprint density at radius 3 is 2.17 bits per heavy atom. The maximum absolute atomic E-state index is 12.4. The lowest BCUT2D eigenvalue weighted by Gasteiger charge is -2.12. The Labute approximate surface area is 144 Å². The number of rotatable bonds is 5. The van der Waals surface area contributed by atoms with Gasteiger partial charge >= 0.3 is 0 Å². The van der Waals surface area contributed by atoms with Gasteiger partial charge in [-0.15, -0.1) is 0 Å². The molecule has 0 aromatic heterocycles. The number of ketones is 1. The van der Waals surface area contributed by atoms with Crippen molar-refractivity contribution in [2.75, 3.05) is 10.0 Å². The van der Waals surface area contributed by atoms with Crippen LogP contribution in [-0.4, -0.2) is 20.1 Å². The number of hydrogen-bond acceptors (Lipinski definition) is 4. The van der Waals surface area contributed by atoms with Gasteiger partial charge in [0.15, 0.2) is 5.78 Å². The number of hydrogen-bond donors (Lipinski definition) is 2. The molecule has 0 radical (unpaired) electrons. The van der Waals surface area contributed by atoms with E-state index in [4.69, 9.17) is 11.6 Å². The summed E-state index contributed by atoms with van der Waals surface area (Å²) in [6.07, 6.45) is 0. The first-order valence-corrected chi connectivity index (χ1v) is 8.77. The molecule has 2 aromatic rings. The minimum Gasteiger partial charge on any atom is -0.326 e. The van der Waals surface area contributed by atoms with Crippen LogP contribution in [0.2, 0.25) is 5.02 Å². The summed E-state index contributed by atoms with van der Waals surface area (Å²) in [4.78, 5) is 22.5. The van der Waals surface area contributed by atoms with Crippen LogP contribution in [0.25, 0.3) is 0 Å². The molecule has 2 N–H and O–H groups in total. The van der Waals surface area contributed by atoms with E-state index in [2.05, 4.69) is 10.0 Å². The minimum absolute atomic E-state index is 0.000830. The quantitative estimate of drug-likeness (QED) is 0.794. The van der Waals surface area contributed by atoms with E-state index in [-0.39, 0.29) is 32.9 Å². The van der Waals surface area contributed by atoms with Crippen LogP contribution in [0.5, 0.6) is 0 Å². The van der Waals surface area contributed by atoms with E-state index in [0.717, 1.165) is 0 Å². The molecule has 0 fully saturated rings. The van der Waals surface area contributed by atoms with Crippen LogP contribution in [0.3, 0.4) is 0 Å². The monoisotopic (exact) mass is 366 g/mol. The topological polar surface area (TPSA) is 92.3 Å². The lowest BCUT2D eigenvalue weighted by Crippen LogP contribution is -2.14. The van der Waals surface area contributed by atoms with Gasteiger partial charge < -0.3 is 5.32 Å². The van der Waals surface area contributed by atoms with E-state index in [0.29, 0.717) is 5.69 Å². The van der Waals surface area contributed by atoms with Gasteiger partial charge in [-0.05, 0) is 43.3 Å². The Hall–Kier alpha value is -2.38. The average molecular weight is 367 g/mol. The molecular weight excluding hydrogens is 352 g/mol. The molecule has 0 saturated heterocycles. The second-order valence-electron chi connectivity index (χ2n) is 5.03. The molecule has 0 heterocycles. The molecule has 126 valence electrons. The van der Waals surface area contributed by atoms with Crippen LogP contribution in [0, 0.1) is 0 Å². The van der Waals surface area contributed by atoms with Crippen LogP contribution in [0.4, 0.5) is 11.4 Å². The molecule has 0 atom stereocenters. The van der Waals surface area contributed by atoms with Gasteiger partial charge in [-0.2, -0.15) is 0 Å². The Bertz CT molecular complexity index is 893. The number of carbonyl (C=O) groups is 2. The Balaban J connectivity index is 2.30. The molecule has 0 aliphatic carbocycles. The van der Waals surface area contributed by atoms with Crippen LogP contribution in [-0.2, 0) is 14.8 Å². The number of anilines is 2. The SMILES string of the molecule is CC(=O)Nc1ccc(S(=O)(=O)Nc2cccc(C(C)=O)c2Cl)cc1. The van der Waals surface area contributed by atoms with Crippen molar-refractivity contribution in [2.45, 2.75) is 18.7 Å². The van der Waals surface area contributed by atoms with Crippen LogP contribution in [0.15, 0.2) is 47.4 Å². The summed E-state index contributed by atoms with van der Waals surface area (Å²) in [5.41, 5.74) is 0.839. The fourth-order valence-electron chi connectivity index (χ4n) is 2.01. The fourth-order valence-corrected chi connectivity index (χ4v) is 3.44. The smallest absolute Gasteiger partial charge is 0.261 e. The van der Waals surface area contributed by atoms with E-state index in [1.807, 2.05) is 0 Å². The van der Waals surface area contributed by atoms with Gasteiger partial charge in [0.1, 0.15) is 0 Å². The predicted octanol–water partition coefficient (Wildman–Crippen LogP) is 3.30. The highest BCUT2D eigenvalue weighted by Crippen LogP contribution is 2.28. The van der Waals surface area contributed by atoms with E-state index >= 15 is 0 Å². The van der Waals surface area contributed by atoms with Crippen molar-refractivity contribution in [3.63, 3.8) is 0 Å². The molecule has 1 amide bonds. The van der Waals surface area contributed by atoms with Crippen LogP contribution in [0.1, 0.15) is 24.2 Å². The predicted molar refractivity (Wildman–Crippen MR) is 93.0 cm³/mol. The van der Waals surface area contributed by atoms with E-state index < -0.39 is 10.0 Å². The third-order valence-corrected chi connectivity index (χ3v) is 4.90. The first-order valence-electron chi connectivity index (χ1n) is 6.90. The summed E-state index contributed by atoms with van der Waals surface area (Å²) in [5, 5.41) is 2.59. The summed E-state index contributed by atoms with van der Waals surface area (Å²) in [5.74, 6) is -0.516. The highest BCUT2D eigenvalue weighted by Gasteiger charge is 2.18. The van der Waals surface area contributed by atoms with E-state index in [9.17, 15) is 18.0 Å². The first-order chi connectivity index (χ1) is 11.2. The Morgan fingerprint density at radius 2 is 1.62 bits per heavy atom. The fraction of sp³-hybridized carbons (Fsp3) is 0.125. The summed E-state index contributed by atoms with van der Waals surface area (Å²) < 4.78 is 27.2. The lowest BCUT2D eigenvalue weighted by atomic mass is 10.1. The van der Waals surface area contributed by atoms with Gasteiger partial charge in [0.2, 0.25) is 5.91 Å². The number of Topliss-reactive ketones (excluding diaryl/α,β-unsaturated/α-hetero) is 1. The van der Waals surface area contributed by atoms with Crippen molar-refractivity contribution >= 4 is 44.7 Å². The Kier molecular flexibility index (Phi) is 5.26. The molecular formula is C16H15ClN2O4S. The number of sulfonamides is 1. The molecule has 2 rings (SSSR count). The maximum atomic E-state index is 12.4. The average Bonchev–Trinajstić information content (AvgIpc) is 2.49. The number of carbonyl (C=O) groups excluding carboxylic acids is 2. The van der Waals surface area contributed by atoms with Gasteiger partial charge in [0.05, 0.1) is 15.6 Å². The zero-order chi connectivity index (χ0) is 17.9. The molecule has 24 heavy (non-hydrogen) atoms. The van der Waals surface area contributed by atoms with Crippen LogP contribution >= 0.6 is 11.6 Å². The van der Waals surface area contributed by atoms with E-state index in [1.165, 1.54) is 50.2 Å². The molecule has 0 bridgehead atoms. The summed E-state index contributed by atoms with van der Waals surface area (Å²) >= 11 is 6.08. The zero-order valence-corrected chi connectivity index (χ0v) is 14.5. The third kappa shape index (κ3) is 4.12. The number of amides is 1. The van der Waals surface area contributed by atoms with Gasteiger partial charge in [-0.3, -0.25) is 14.3 Å². The van der Waals surface area contributed by atoms with E-state index in [1.54, 1.807) is 6.07 Å². The van der Waals surface area contributed by atoms with Crippen molar-refractivity contribution < 1.29 is 18.0 Å². The molecule has 0 unspecified atom stereocenters. The molecule has 0 spiro atoms. The second-order valence-corrected chi connectivity index (χ2v) is 7.09. The largest absolute Gasteiger partial charge is 0.326 e. The lowest BCUT2D eigenvalue weighted by molar-refractivity contribution is -0.114. The first kappa shape index (κ1) is 18.0. The highest BCUT2D eigenvalue weighted by atomic mass is 35.5. The van der Waals surface area contributed by atoms with Gasteiger partial charge in [0.25, 0.3) is 10.0 Å². The highest BCUT2D eigenvalue weighted by molar-refractivity contribution is 7.92. The summed E-state index contributed by atoms with van der Waals surface area (Å²) in [7, 11) is -3.88. The number of halogens is 1. The van der Waals surface area contributed by atoms with Gasteiger partial charge in [-0.25, -0.2) is 8.42 Å². The van der Waals surface area contributed by atoms with Gasteiger partial charge in [0, 0.05) is 18.2 Å².